The SMILES string of the molecule is CCOC(=O)c1ccc2c(c1)N(CCCO)c1ccccc1CO2. The lowest BCUT2D eigenvalue weighted by molar-refractivity contribution is 0.0526. The molecular formula is C19H21NO4. The maximum Gasteiger partial charge on any atom is 0.338 e. The van der Waals surface area contributed by atoms with Gasteiger partial charge >= 0.3 is 5.97 Å². The lowest BCUT2D eigenvalue weighted by Crippen LogP contribution is -2.20. The third-order valence-electron chi connectivity index (χ3n) is 3.97. The van der Waals surface area contributed by atoms with Crippen LogP contribution in [0.5, 0.6) is 5.75 Å². The monoisotopic (exact) mass is 327 g/mol. The molecule has 3 rings (SSSR count). The van der Waals surface area contributed by atoms with Crippen molar-refractivity contribution in [3.05, 3.63) is 53.6 Å². The van der Waals surface area contributed by atoms with E-state index in [-0.39, 0.29) is 12.6 Å². The molecule has 1 aliphatic rings. The summed E-state index contributed by atoms with van der Waals surface area (Å²) in [6.45, 7) is 3.33. The minimum Gasteiger partial charge on any atom is -0.487 e. The van der Waals surface area contributed by atoms with Gasteiger partial charge in [0.25, 0.3) is 0 Å². The number of aliphatic hydroxyl groups excluding tert-OH is 1. The van der Waals surface area contributed by atoms with E-state index in [0.717, 1.165) is 22.7 Å². The number of rotatable bonds is 5. The number of aliphatic hydroxyl groups is 1. The first-order valence-electron chi connectivity index (χ1n) is 8.15. The number of fused-ring (bicyclic) bond motifs is 2. The smallest absolute Gasteiger partial charge is 0.338 e. The quantitative estimate of drug-likeness (QED) is 0.854. The molecule has 0 bridgehead atoms. The third kappa shape index (κ3) is 3.21. The molecule has 1 N–H and O–H groups in total. The molecular weight excluding hydrogens is 306 g/mol. The predicted molar refractivity (Wildman–Crippen MR) is 91.9 cm³/mol. The number of benzene rings is 2. The number of carbonyl (C=O) groups excluding carboxylic acids is 1. The molecule has 0 atom stereocenters. The summed E-state index contributed by atoms with van der Waals surface area (Å²) in [6.07, 6.45) is 0.622. The van der Waals surface area contributed by atoms with E-state index in [9.17, 15) is 9.90 Å². The van der Waals surface area contributed by atoms with Gasteiger partial charge in [-0.1, -0.05) is 18.2 Å². The van der Waals surface area contributed by atoms with Crippen LogP contribution < -0.4 is 9.64 Å². The number of carbonyl (C=O) groups is 1. The molecule has 0 fully saturated rings. The molecule has 2 aromatic rings. The van der Waals surface area contributed by atoms with Gasteiger partial charge in [0.15, 0.2) is 0 Å². The summed E-state index contributed by atoms with van der Waals surface area (Å²) < 4.78 is 11.0. The molecule has 24 heavy (non-hydrogen) atoms. The van der Waals surface area contributed by atoms with Crippen LogP contribution >= 0.6 is 0 Å². The number of esters is 1. The van der Waals surface area contributed by atoms with E-state index < -0.39 is 0 Å². The van der Waals surface area contributed by atoms with Crippen molar-refractivity contribution in [2.24, 2.45) is 0 Å². The molecule has 0 aliphatic carbocycles. The zero-order valence-electron chi connectivity index (χ0n) is 13.7. The number of ether oxygens (including phenoxy) is 2. The van der Waals surface area contributed by atoms with Crippen molar-refractivity contribution in [3.63, 3.8) is 0 Å². The summed E-state index contributed by atoms with van der Waals surface area (Å²) in [5.41, 5.74) is 3.42. The van der Waals surface area contributed by atoms with Gasteiger partial charge in [0.1, 0.15) is 12.4 Å². The molecule has 2 aromatic carbocycles. The Morgan fingerprint density at radius 2 is 2.08 bits per heavy atom. The largest absolute Gasteiger partial charge is 0.487 e. The molecule has 126 valence electrons. The highest BCUT2D eigenvalue weighted by atomic mass is 16.5. The van der Waals surface area contributed by atoms with Crippen LogP contribution in [0.2, 0.25) is 0 Å². The molecule has 0 unspecified atom stereocenters. The Kier molecular flexibility index (Phi) is 5.01. The molecule has 5 nitrogen and oxygen atoms in total. The van der Waals surface area contributed by atoms with E-state index in [1.165, 1.54) is 0 Å². The fourth-order valence-electron chi connectivity index (χ4n) is 2.84. The normalized spacial score (nSPS) is 12.7. The van der Waals surface area contributed by atoms with E-state index >= 15 is 0 Å². The van der Waals surface area contributed by atoms with Crippen molar-refractivity contribution in [1.82, 2.24) is 0 Å². The van der Waals surface area contributed by atoms with Crippen molar-refractivity contribution in [3.8, 4) is 5.75 Å². The Balaban J connectivity index is 2.06. The van der Waals surface area contributed by atoms with Crippen LogP contribution in [-0.2, 0) is 11.3 Å². The molecule has 0 aromatic heterocycles. The number of anilines is 2. The van der Waals surface area contributed by atoms with E-state index in [0.29, 0.717) is 31.7 Å². The molecule has 1 aliphatic heterocycles. The van der Waals surface area contributed by atoms with Crippen LogP contribution in [0.4, 0.5) is 11.4 Å². The van der Waals surface area contributed by atoms with Gasteiger partial charge in [-0.05, 0) is 37.6 Å². The molecule has 0 radical (unpaired) electrons. The average molecular weight is 327 g/mol. The molecule has 0 saturated carbocycles. The van der Waals surface area contributed by atoms with Gasteiger partial charge in [0.2, 0.25) is 0 Å². The predicted octanol–water partition coefficient (Wildman–Crippen LogP) is 3.28. The molecule has 0 spiro atoms. The van der Waals surface area contributed by atoms with Crippen LogP contribution in [0.1, 0.15) is 29.3 Å². The van der Waals surface area contributed by atoms with Gasteiger partial charge in [0.05, 0.1) is 17.9 Å². The van der Waals surface area contributed by atoms with Crippen molar-refractivity contribution >= 4 is 17.3 Å². The van der Waals surface area contributed by atoms with E-state index in [4.69, 9.17) is 9.47 Å². The van der Waals surface area contributed by atoms with Crippen LogP contribution in [0.15, 0.2) is 42.5 Å². The minimum absolute atomic E-state index is 0.104. The van der Waals surface area contributed by atoms with Crippen molar-refractivity contribution < 1.29 is 19.4 Å². The zero-order chi connectivity index (χ0) is 16.9. The summed E-state index contributed by atoms with van der Waals surface area (Å²) in [5.74, 6) is 0.372. The number of hydrogen-bond acceptors (Lipinski definition) is 5. The summed E-state index contributed by atoms with van der Waals surface area (Å²) in [6, 6.07) is 13.3. The topological polar surface area (TPSA) is 59.0 Å². The van der Waals surface area contributed by atoms with Crippen LogP contribution in [0.25, 0.3) is 0 Å². The lowest BCUT2D eigenvalue weighted by atomic mass is 10.1. The lowest BCUT2D eigenvalue weighted by Gasteiger charge is -2.25. The van der Waals surface area contributed by atoms with Crippen molar-refractivity contribution in [2.45, 2.75) is 20.0 Å². The Bertz CT molecular complexity index is 729. The first-order chi connectivity index (χ1) is 11.7. The van der Waals surface area contributed by atoms with Gasteiger partial charge in [0, 0.05) is 24.4 Å². The molecule has 5 heteroatoms. The number of hydrogen-bond donors (Lipinski definition) is 1. The molecule has 0 amide bonds. The first kappa shape index (κ1) is 16.3. The number of nitrogens with zero attached hydrogens (tertiary/aromatic N) is 1. The second-order valence-electron chi connectivity index (χ2n) is 5.55. The Morgan fingerprint density at radius 3 is 2.88 bits per heavy atom. The highest BCUT2D eigenvalue weighted by molar-refractivity contribution is 5.92. The maximum absolute atomic E-state index is 12.1. The Labute approximate surface area is 141 Å². The van der Waals surface area contributed by atoms with Crippen molar-refractivity contribution in [1.29, 1.82) is 0 Å². The first-order valence-corrected chi connectivity index (χ1v) is 8.15. The second-order valence-corrected chi connectivity index (χ2v) is 5.55. The fraction of sp³-hybridized carbons (Fsp3) is 0.316. The summed E-state index contributed by atoms with van der Waals surface area (Å²) in [7, 11) is 0. The maximum atomic E-state index is 12.1. The van der Waals surface area contributed by atoms with Gasteiger partial charge in [-0.2, -0.15) is 0 Å². The molecule has 1 heterocycles. The van der Waals surface area contributed by atoms with E-state index in [2.05, 4.69) is 4.90 Å². The third-order valence-corrected chi connectivity index (χ3v) is 3.97. The van der Waals surface area contributed by atoms with E-state index in [1.807, 2.05) is 24.3 Å². The van der Waals surface area contributed by atoms with Gasteiger partial charge in [-0.15, -0.1) is 0 Å². The van der Waals surface area contributed by atoms with E-state index in [1.54, 1.807) is 25.1 Å². The Morgan fingerprint density at radius 1 is 1.25 bits per heavy atom. The van der Waals surface area contributed by atoms with Gasteiger partial charge < -0.3 is 19.5 Å². The summed E-state index contributed by atoms with van der Waals surface area (Å²) >= 11 is 0. The van der Waals surface area contributed by atoms with Crippen LogP contribution in [0.3, 0.4) is 0 Å². The summed E-state index contributed by atoms with van der Waals surface area (Å²) in [5, 5.41) is 9.24. The number of para-hydroxylation sites is 1. The fourth-order valence-corrected chi connectivity index (χ4v) is 2.84. The summed E-state index contributed by atoms with van der Waals surface area (Å²) in [4.78, 5) is 14.2. The van der Waals surface area contributed by atoms with Gasteiger partial charge in [-0.3, -0.25) is 0 Å². The highest BCUT2D eigenvalue weighted by Gasteiger charge is 2.22. The van der Waals surface area contributed by atoms with Gasteiger partial charge in [-0.25, -0.2) is 4.79 Å². The minimum atomic E-state index is -0.347. The Hall–Kier alpha value is -2.53. The van der Waals surface area contributed by atoms with Crippen LogP contribution in [0, 0.1) is 0 Å². The highest BCUT2D eigenvalue weighted by Crippen LogP contribution is 2.40. The average Bonchev–Trinajstić information content (AvgIpc) is 2.76. The second kappa shape index (κ2) is 7.36. The van der Waals surface area contributed by atoms with Crippen LogP contribution in [-0.4, -0.2) is 30.8 Å². The standard InChI is InChI=1S/C19H21NO4/c1-2-23-19(22)14-8-9-18-17(12-14)20(10-5-11-21)16-7-4-3-6-15(16)13-24-18/h3-4,6-9,12,21H,2,5,10-11,13H2,1H3. The zero-order valence-corrected chi connectivity index (χ0v) is 13.7. The molecule has 0 saturated heterocycles. The van der Waals surface area contributed by atoms with Crippen molar-refractivity contribution in [2.75, 3.05) is 24.7 Å².